The molecule has 0 spiro atoms. The third-order valence-electron chi connectivity index (χ3n) is 1.85. The summed E-state index contributed by atoms with van der Waals surface area (Å²) in [6.45, 7) is 4.49. The SMILES string of the molecule is CC(C)Cc1ccc(CS)cc1. The van der Waals surface area contributed by atoms with Crippen molar-refractivity contribution in [3.63, 3.8) is 0 Å². The molecule has 12 heavy (non-hydrogen) atoms. The van der Waals surface area contributed by atoms with Gasteiger partial charge in [0.05, 0.1) is 0 Å². The molecule has 0 aliphatic carbocycles. The normalized spacial score (nSPS) is 10.7. The largest absolute Gasteiger partial charge is 0.175 e. The van der Waals surface area contributed by atoms with Crippen LogP contribution in [0, 0.1) is 5.92 Å². The van der Waals surface area contributed by atoms with E-state index in [1.165, 1.54) is 17.5 Å². The van der Waals surface area contributed by atoms with Gasteiger partial charge in [-0.25, -0.2) is 0 Å². The van der Waals surface area contributed by atoms with Crippen molar-refractivity contribution in [1.82, 2.24) is 0 Å². The first-order valence-corrected chi connectivity index (χ1v) is 5.04. The van der Waals surface area contributed by atoms with Crippen LogP contribution in [0.1, 0.15) is 25.0 Å². The quantitative estimate of drug-likeness (QED) is 0.678. The van der Waals surface area contributed by atoms with Gasteiger partial charge in [0.2, 0.25) is 0 Å². The van der Waals surface area contributed by atoms with Crippen molar-refractivity contribution in [2.45, 2.75) is 26.0 Å². The van der Waals surface area contributed by atoms with E-state index in [-0.39, 0.29) is 0 Å². The van der Waals surface area contributed by atoms with Gasteiger partial charge in [-0.1, -0.05) is 38.1 Å². The fourth-order valence-corrected chi connectivity index (χ4v) is 1.46. The summed E-state index contributed by atoms with van der Waals surface area (Å²) in [4.78, 5) is 0. The third kappa shape index (κ3) is 2.90. The summed E-state index contributed by atoms with van der Waals surface area (Å²) in [6, 6.07) is 8.71. The Morgan fingerprint density at radius 3 is 2.00 bits per heavy atom. The molecular formula is C11H16S. The monoisotopic (exact) mass is 180 g/mol. The highest BCUT2D eigenvalue weighted by molar-refractivity contribution is 7.79. The van der Waals surface area contributed by atoms with Crippen LogP contribution in [0.5, 0.6) is 0 Å². The lowest BCUT2D eigenvalue weighted by molar-refractivity contribution is 0.647. The zero-order valence-corrected chi connectivity index (χ0v) is 8.64. The number of thiol groups is 1. The van der Waals surface area contributed by atoms with Gasteiger partial charge in [0.1, 0.15) is 0 Å². The standard InChI is InChI=1S/C11H16S/c1-9(2)7-10-3-5-11(8-12)6-4-10/h3-6,9,12H,7-8H2,1-2H3. The second kappa shape index (κ2) is 4.56. The number of hydrogen-bond acceptors (Lipinski definition) is 1. The van der Waals surface area contributed by atoms with E-state index in [0.29, 0.717) is 0 Å². The zero-order chi connectivity index (χ0) is 8.97. The fraction of sp³-hybridized carbons (Fsp3) is 0.455. The molecule has 0 atom stereocenters. The van der Waals surface area contributed by atoms with Crippen LogP contribution in [0.2, 0.25) is 0 Å². The molecule has 1 rings (SSSR count). The van der Waals surface area contributed by atoms with Gasteiger partial charge in [-0.3, -0.25) is 0 Å². The Bertz CT molecular complexity index is 223. The molecule has 0 amide bonds. The molecule has 0 saturated heterocycles. The van der Waals surface area contributed by atoms with Crippen LogP contribution >= 0.6 is 12.6 Å². The Morgan fingerprint density at radius 2 is 1.58 bits per heavy atom. The average molecular weight is 180 g/mol. The highest BCUT2D eigenvalue weighted by Crippen LogP contribution is 2.10. The average Bonchev–Trinajstić information content (AvgIpc) is 2.05. The smallest absolute Gasteiger partial charge is 0.0154 e. The molecule has 0 aliphatic heterocycles. The van der Waals surface area contributed by atoms with Crippen LogP contribution in [-0.2, 0) is 12.2 Å². The van der Waals surface area contributed by atoms with E-state index in [2.05, 4.69) is 50.7 Å². The van der Waals surface area contributed by atoms with Crippen molar-refractivity contribution in [2.24, 2.45) is 5.92 Å². The molecule has 0 saturated carbocycles. The molecule has 0 fully saturated rings. The summed E-state index contributed by atoms with van der Waals surface area (Å²) in [5.74, 6) is 1.58. The molecular weight excluding hydrogens is 164 g/mol. The van der Waals surface area contributed by atoms with Gasteiger partial charge in [0.25, 0.3) is 0 Å². The van der Waals surface area contributed by atoms with Crippen molar-refractivity contribution >= 4 is 12.6 Å². The summed E-state index contributed by atoms with van der Waals surface area (Å²) < 4.78 is 0. The summed E-state index contributed by atoms with van der Waals surface area (Å²) in [7, 11) is 0. The summed E-state index contributed by atoms with van der Waals surface area (Å²) >= 11 is 4.21. The zero-order valence-electron chi connectivity index (χ0n) is 7.75. The topological polar surface area (TPSA) is 0 Å². The van der Waals surface area contributed by atoms with Crippen LogP contribution in [0.3, 0.4) is 0 Å². The second-order valence-corrected chi connectivity index (χ2v) is 3.89. The summed E-state index contributed by atoms with van der Waals surface area (Å²) in [6.07, 6.45) is 1.17. The minimum Gasteiger partial charge on any atom is -0.175 e. The van der Waals surface area contributed by atoms with E-state index in [1.54, 1.807) is 0 Å². The van der Waals surface area contributed by atoms with Crippen LogP contribution in [-0.4, -0.2) is 0 Å². The van der Waals surface area contributed by atoms with E-state index in [9.17, 15) is 0 Å². The maximum Gasteiger partial charge on any atom is 0.0154 e. The van der Waals surface area contributed by atoms with Crippen molar-refractivity contribution < 1.29 is 0 Å². The predicted octanol–water partition coefficient (Wildman–Crippen LogP) is 3.31. The molecule has 1 heteroatoms. The molecule has 0 heterocycles. The molecule has 0 radical (unpaired) electrons. The van der Waals surface area contributed by atoms with Gasteiger partial charge >= 0.3 is 0 Å². The molecule has 0 unspecified atom stereocenters. The molecule has 0 N–H and O–H groups in total. The summed E-state index contributed by atoms with van der Waals surface area (Å²) in [5, 5.41) is 0. The Morgan fingerprint density at radius 1 is 1.08 bits per heavy atom. The first kappa shape index (κ1) is 9.66. The van der Waals surface area contributed by atoms with E-state index in [4.69, 9.17) is 0 Å². The molecule has 0 aromatic heterocycles. The van der Waals surface area contributed by atoms with Gasteiger partial charge in [-0.05, 0) is 23.5 Å². The van der Waals surface area contributed by atoms with Crippen LogP contribution < -0.4 is 0 Å². The minimum absolute atomic E-state index is 0.742. The highest BCUT2D eigenvalue weighted by Gasteiger charge is 1.96. The Hall–Kier alpha value is -0.430. The van der Waals surface area contributed by atoms with Gasteiger partial charge in [-0.15, -0.1) is 0 Å². The number of rotatable bonds is 3. The van der Waals surface area contributed by atoms with Crippen LogP contribution in [0.25, 0.3) is 0 Å². The first-order valence-electron chi connectivity index (χ1n) is 4.41. The van der Waals surface area contributed by atoms with Gasteiger partial charge in [-0.2, -0.15) is 12.6 Å². The molecule has 66 valence electrons. The Balaban J connectivity index is 2.65. The second-order valence-electron chi connectivity index (χ2n) is 3.57. The van der Waals surface area contributed by atoms with E-state index >= 15 is 0 Å². The van der Waals surface area contributed by atoms with E-state index in [1.807, 2.05) is 0 Å². The molecule has 1 aromatic carbocycles. The highest BCUT2D eigenvalue weighted by atomic mass is 32.1. The lowest BCUT2D eigenvalue weighted by Crippen LogP contribution is -1.93. The maximum absolute atomic E-state index is 4.21. The van der Waals surface area contributed by atoms with Crippen LogP contribution in [0.15, 0.2) is 24.3 Å². The van der Waals surface area contributed by atoms with Gasteiger partial charge in [0.15, 0.2) is 0 Å². The molecule has 0 aliphatic rings. The molecule has 1 aromatic rings. The van der Waals surface area contributed by atoms with Crippen molar-refractivity contribution in [3.05, 3.63) is 35.4 Å². The lowest BCUT2D eigenvalue weighted by atomic mass is 10.0. The predicted molar refractivity (Wildman–Crippen MR) is 57.7 cm³/mol. The van der Waals surface area contributed by atoms with Crippen molar-refractivity contribution in [3.8, 4) is 0 Å². The Labute approximate surface area is 80.4 Å². The molecule has 0 nitrogen and oxygen atoms in total. The maximum atomic E-state index is 4.21. The van der Waals surface area contributed by atoms with Crippen molar-refractivity contribution in [2.75, 3.05) is 0 Å². The van der Waals surface area contributed by atoms with E-state index < -0.39 is 0 Å². The van der Waals surface area contributed by atoms with Crippen LogP contribution in [0.4, 0.5) is 0 Å². The lowest BCUT2D eigenvalue weighted by Gasteiger charge is -2.04. The van der Waals surface area contributed by atoms with Crippen molar-refractivity contribution in [1.29, 1.82) is 0 Å². The molecule has 0 bridgehead atoms. The Kier molecular flexibility index (Phi) is 3.67. The van der Waals surface area contributed by atoms with E-state index in [0.717, 1.165) is 11.7 Å². The van der Waals surface area contributed by atoms with Gasteiger partial charge < -0.3 is 0 Å². The fourth-order valence-electron chi connectivity index (χ4n) is 1.25. The third-order valence-corrected chi connectivity index (χ3v) is 2.21. The number of benzene rings is 1. The first-order chi connectivity index (χ1) is 5.72. The number of hydrogen-bond donors (Lipinski definition) is 1. The minimum atomic E-state index is 0.742. The van der Waals surface area contributed by atoms with Gasteiger partial charge in [0, 0.05) is 5.75 Å². The summed E-state index contributed by atoms with van der Waals surface area (Å²) in [5.41, 5.74) is 2.72.